The van der Waals surface area contributed by atoms with Crippen molar-refractivity contribution < 1.29 is 14.3 Å². The molecule has 4 atom stereocenters. The average Bonchev–Trinajstić information content (AvgIpc) is 2.76. The van der Waals surface area contributed by atoms with E-state index < -0.39 is 0 Å². The van der Waals surface area contributed by atoms with E-state index in [9.17, 15) is 9.59 Å². The van der Waals surface area contributed by atoms with Crippen LogP contribution in [0.5, 0.6) is 0 Å². The van der Waals surface area contributed by atoms with Gasteiger partial charge in [0.1, 0.15) is 11.9 Å². The summed E-state index contributed by atoms with van der Waals surface area (Å²) in [7, 11) is 0. The molecule has 1 heterocycles. The zero-order valence-electron chi connectivity index (χ0n) is 18.3. The van der Waals surface area contributed by atoms with Crippen molar-refractivity contribution in [1.29, 1.82) is 0 Å². The highest BCUT2D eigenvalue weighted by Gasteiger charge is 2.37. The molecular formula is C26H32O3S. The van der Waals surface area contributed by atoms with E-state index in [0.717, 1.165) is 31.2 Å². The van der Waals surface area contributed by atoms with Crippen LogP contribution in [-0.2, 0) is 14.3 Å². The van der Waals surface area contributed by atoms with Crippen molar-refractivity contribution in [2.75, 3.05) is 12.9 Å². The number of hydrogen-bond acceptors (Lipinski definition) is 4. The number of carbonyl (C=O) groups excluding carboxylic acids is 2. The van der Waals surface area contributed by atoms with Crippen LogP contribution in [0.4, 0.5) is 0 Å². The average molecular weight is 425 g/mol. The molecule has 1 fully saturated rings. The molecule has 2 aliphatic carbocycles. The van der Waals surface area contributed by atoms with Crippen molar-refractivity contribution in [2.45, 2.75) is 63.4 Å². The molecule has 4 rings (SSSR count). The Morgan fingerprint density at radius 1 is 0.967 bits per heavy atom. The Bertz CT molecular complexity index is 880. The number of rotatable bonds is 2. The van der Waals surface area contributed by atoms with Gasteiger partial charge in [-0.05, 0) is 84.3 Å². The Hall–Kier alpha value is -1.65. The van der Waals surface area contributed by atoms with Crippen molar-refractivity contribution >= 4 is 23.3 Å². The SMILES string of the molecule is CSc1ccc([C@H]2OC[C@H](C)C(=O)CCC(C)C3CCC4=CC(=O)CCC4=C32)cc1. The molecule has 0 amide bonds. The maximum atomic E-state index is 12.6. The summed E-state index contributed by atoms with van der Waals surface area (Å²) in [6.07, 6.45) is 8.80. The van der Waals surface area contributed by atoms with Gasteiger partial charge < -0.3 is 4.74 Å². The normalized spacial score (nSPS) is 30.4. The third-order valence-corrected chi connectivity index (χ3v) is 7.86. The zero-order chi connectivity index (χ0) is 21.3. The first-order chi connectivity index (χ1) is 14.5. The highest BCUT2D eigenvalue weighted by molar-refractivity contribution is 7.98. The molecule has 2 unspecified atom stereocenters. The number of thioether (sulfide) groups is 1. The summed E-state index contributed by atoms with van der Waals surface area (Å²) in [5.41, 5.74) is 5.12. The van der Waals surface area contributed by atoms with E-state index in [2.05, 4.69) is 37.4 Å². The number of benzene rings is 1. The molecule has 1 aliphatic heterocycles. The van der Waals surface area contributed by atoms with E-state index >= 15 is 0 Å². The van der Waals surface area contributed by atoms with Gasteiger partial charge in [0, 0.05) is 23.7 Å². The van der Waals surface area contributed by atoms with Crippen molar-refractivity contribution in [3.8, 4) is 0 Å². The van der Waals surface area contributed by atoms with E-state index in [1.54, 1.807) is 11.8 Å². The van der Waals surface area contributed by atoms with Gasteiger partial charge >= 0.3 is 0 Å². The lowest BCUT2D eigenvalue weighted by Gasteiger charge is -2.40. The molecule has 1 aromatic rings. The van der Waals surface area contributed by atoms with Gasteiger partial charge in [-0.25, -0.2) is 0 Å². The smallest absolute Gasteiger partial charge is 0.156 e. The Labute approximate surface area is 184 Å². The number of fused-ring (bicyclic) bond motifs is 2. The second-order valence-electron chi connectivity index (χ2n) is 9.08. The predicted molar refractivity (Wildman–Crippen MR) is 122 cm³/mol. The minimum absolute atomic E-state index is 0.0844. The van der Waals surface area contributed by atoms with E-state index in [1.807, 2.05) is 13.0 Å². The molecule has 1 aromatic carbocycles. The Kier molecular flexibility index (Phi) is 6.64. The summed E-state index contributed by atoms with van der Waals surface area (Å²) in [6.45, 7) is 4.73. The minimum Gasteiger partial charge on any atom is -0.368 e. The molecule has 0 saturated carbocycles. The molecule has 30 heavy (non-hydrogen) atoms. The standard InChI is InChI=1S/C26H32O3S/c1-16-4-13-24(28)17(2)15-29-26(18-5-9-21(30-3)10-6-18)25-22(16)11-7-19-14-20(27)8-12-23(19)25/h5-6,9-10,14,16-17,22,26H,4,7-8,11-13,15H2,1-3H3/t16?,17-,22?,26+/m0/s1. The Balaban J connectivity index is 1.83. The van der Waals surface area contributed by atoms with Crippen molar-refractivity contribution in [2.24, 2.45) is 17.8 Å². The minimum atomic E-state index is -0.145. The molecule has 1 saturated heterocycles. The van der Waals surface area contributed by atoms with Crippen molar-refractivity contribution in [3.63, 3.8) is 0 Å². The molecule has 3 nitrogen and oxygen atoms in total. The fourth-order valence-electron chi connectivity index (χ4n) is 5.24. The number of carbonyl (C=O) groups is 2. The van der Waals surface area contributed by atoms with E-state index in [4.69, 9.17) is 4.74 Å². The van der Waals surface area contributed by atoms with Gasteiger partial charge in [0.25, 0.3) is 0 Å². The first-order valence-corrected chi connectivity index (χ1v) is 12.5. The summed E-state index contributed by atoms with van der Waals surface area (Å²) in [5, 5.41) is 0. The van der Waals surface area contributed by atoms with Crippen molar-refractivity contribution in [1.82, 2.24) is 0 Å². The molecule has 0 radical (unpaired) electrons. The van der Waals surface area contributed by atoms with Gasteiger partial charge in [-0.15, -0.1) is 11.8 Å². The van der Waals surface area contributed by atoms with Gasteiger partial charge in [-0.1, -0.05) is 26.0 Å². The van der Waals surface area contributed by atoms with Crippen LogP contribution in [0.2, 0.25) is 0 Å². The quantitative estimate of drug-likeness (QED) is 0.538. The highest BCUT2D eigenvalue weighted by atomic mass is 32.2. The maximum Gasteiger partial charge on any atom is 0.156 e. The van der Waals surface area contributed by atoms with Crippen LogP contribution in [-0.4, -0.2) is 24.4 Å². The van der Waals surface area contributed by atoms with Crippen molar-refractivity contribution in [3.05, 3.63) is 52.6 Å². The van der Waals surface area contributed by atoms with Gasteiger partial charge in [0.2, 0.25) is 0 Å². The van der Waals surface area contributed by atoms with Crippen LogP contribution in [0.25, 0.3) is 0 Å². The molecule has 3 aliphatic rings. The molecule has 4 heteroatoms. The monoisotopic (exact) mass is 424 g/mol. The molecule has 0 bridgehead atoms. The largest absolute Gasteiger partial charge is 0.368 e. The molecule has 0 spiro atoms. The van der Waals surface area contributed by atoms with Crippen LogP contribution in [0.3, 0.4) is 0 Å². The summed E-state index contributed by atoms with van der Waals surface area (Å²) < 4.78 is 6.56. The van der Waals surface area contributed by atoms with Crippen LogP contribution < -0.4 is 0 Å². The first-order valence-electron chi connectivity index (χ1n) is 11.2. The second-order valence-corrected chi connectivity index (χ2v) is 9.96. The lowest BCUT2D eigenvalue weighted by molar-refractivity contribution is -0.125. The Morgan fingerprint density at radius 3 is 2.47 bits per heavy atom. The zero-order valence-corrected chi connectivity index (χ0v) is 19.1. The topological polar surface area (TPSA) is 43.4 Å². The van der Waals surface area contributed by atoms with Gasteiger partial charge in [-0.2, -0.15) is 0 Å². The fourth-order valence-corrected chi connectivity index (χ4v) is 5.65. The third-order valence-electron chi connectivity index (χ3n) is 7.11. The van der Waals surface area contributed by atoms with Crippen LogP contribution in [0.1, 0.15) is 64.0 Å². The van der Waals surface area contributed by atoms with Gasteiger partial charge in [0.15, 0.2) is 5.78 Å². The van der Waals surface area contributed by atoms with E-state index in [1.165, 1.54) is 21.6 Å². The lowest BCUT2D eigenvalue weighted by atomic mass is 9.68. The van der Waals surface area contributed by atoms with Crippen LogP contribution >= 0.6 is 11.8 Å². The number of Topliss-reactive ketones (excluding diaryl/α,β-unsaturated/α-hetero) is 1. The Morgan fingerprint density at radius 2 is 1.73 bits per heavy atom. The van der Waals surface area contributed by atoms with E-state index in [0.29, 0.717) is 37.1 Å². The number of allylic oxidation sites excluding steroid dienone is 3. The third kappa shape index (κ3) is 4.36. The summed E-state index contributed by atoms with van der Waals surface area (Å²) in [4.78, 5) is 25.9. The fraction of sp³-hybridized carbons (Fsp3) is 0.538. The van der Waals surface area contributed by atoms with Gasteiger partial charge in [-0.3, -0.25) is 9.59 Å². The highest BCUT2D eigenvalue weighted by Crippen LogP contribution is 2.49. The maximum absolute atomic E-state index is 12.6. The number of ether oxygens (including phenoxy) is 1. The summed E-state index contributed by atoms with van der Waals surface area (Å²) in [5.74, 6) is 1.31. The molecule has 0 aromatic heterocycles. The molecule has 160 valence electrons. The summed E-state index contributed by atoms with van der Waals surface area (Å²) >= 11 is 1.74. The predicted octanol–water partition coefficient (Wildman–Crippen LogP) is 6.10. The molecular weight excluding hydrogens is 392 g/mol. The number of ketones is 2. The second kappa shape index (κ2) is 9.23. The van der Waals surface area contributed by atoms with Crippen LogP contribution in [0.15, 0.2) is 52.0 Å². The first kappa shape index (κ1) is 21.6. The lowest BCUT2D eigenvalue weighted by Crippen LogP contribution is -2.31. The van der Waals surface area contributed by atoms with E-state index in [-0.39, 0.29) is 17.8 Å². The molecule has 0 N–H and O–H groups in total. The van der Waals surface area contributed by atoms with Gasteiger partial charge in [0.05, 0.1) is 6.61 Å². The number of hydrogen-bond donors (Lipinski definition) is 0. The van der Waals surface area contributed by atoms with Crippen LogP contribution in [0, 0.1) is 17.8 Å². The summed E-state index contributed by atoms with van der Waals surface area (Å²) in [6, 6.07) is 8.67.